The number of H-pyrrole nitrogens is 1. The summed E-state index contributed by atoms with van der Waals surface area (Å²) in [6.07, 6.45) is 8.36. The molecule has 1 aliphatic rings. The van der Waals surface area contributed by atoms with Crippen molar-refractivity contribution in [3.63, 3.8) is 0 Å². The van der Waals surface area contributed by atoms with Crippen LogP contribution in [0.3, 0.4) is 0 Å². The van der Waals surface area contributed by atoms with E-state index in [4.69, 9.17) is 11.6 Å². The second kappa shape index (κ2) is 5.33. The van der Waals surface area contributed by atoms with E-state index in [0.29, 0.717) is 17.6 Å². The molecular weight excluding hydrogens is 262 g/mol. The number of halogens is 1. The summed E-state index contributed by atoms with van der Waals surface area (Å²) in [6, 6.07) is 0.393. The van der Waals surface area contributed by atoms with Gasteiger partial charge >= 0.3 is 0 Å². The molecule has 2 aromatic heterocycles. The number of rotatable bonds is 3. The first-order chi connectivity index (χ1) is 9.24. The molecule has 1 unspecified atom stereocenters. The van der Waals surface area contributed by atoms with Crippen LogP contribution in [0.25, 0.3) is 11.0 Å². The molecule has 19 heavy (non-hydrogen) atoms. The maximum atomic E-state index is 5.94. The Bertz CT molecular complexity index is 561. The lowest BCUT2D eigenvalue weighted by Crippen LogP contribution is -2.28. The lowest BCUT2D eigenvalue weighted by molar-refractivity contribution is 0.328. The standard InChI is InChI=1S/C13H18ClN5/c1-8(9-5-3-2-4-6-9)16-11-10-7-15-19-12(10)18-13(14)17-11/h7-9H,2-6H2,1H3,(H2,15,16,17,18,19). The molecule has 2 heterocycles. The van der Waals surface area contributed by atoms with Gasteiger partial charge in [0, 0.05) is 6.04 Å². The molecule has 1 saturated carbocycles. The summed E-state index contributed by atoms with van der Waals surface area (Å²) in [7, 11) is 0. The van der Waals surface area contributed by atoms with Crippen molar-refractivity contribution in [2.75, 3.05) is 5.32 Å². The fourth-order valence-corrected chi connectivity index (χ4v) is 3.05. The fourth-order valence-electron chi connectivity index (χ4n) is 2.89. The molecule has 0 bridgehead atoms. The van der Waals surface area contributed by atoms with Crippen LogP contribution < -0.4 is 5.32 Å². The van der Waals surface area contributed by atoms with E-state index in [1.165, 1.54) is 32.1 Å². The average molecular weight is 280 g/mol. The number of fused-ring (bicyclic) bond motifs is 1. The van der Waals surface area contributed by atoms with Crippen LogP contribution in [0.2, 0.25) is 5.28 Å². The highest BCUT2D eigenvalue weighted by atomic mass is 35.5. The SMILES string of the molecule is CC(Nc1nc(Cl)nc2[nH]ncc12)C1CCCCC1. The normalized spacial score (nSPS) is 18.6. The Hall–Kier alpha value is -1.36. The summed E-state index contributed by atoms with van der Waals surface area (Å²) in [4.78, 5) is 8.40. The van der Waals surface area contributed by atoms with E-state index >= 15 is 0 Å². The van der Waals surface area contributed by atoms with Gasteiger partial charge in [-0.25, -0.2) is 0 Å². The van der Waals surface area contributed by atoms with Crippen molar-refractivity contribution >= 4 is 28.5 Å². The Labute approximate surface area is 117 Å². The number of aromatic nitrogens is 4. The predicted molar refractivity (Wildman–Crippen MR) is 76.4 cm³/mol. The minimum Gasteiger partial charge on any atom is -0.367 e. The van der Waals surface area contributed by atoms with Crippen molar-refractivity contribution in [2.45, 2.75) is 45.1 Å². The van der Waals surface area contributed by atoms with E-state index in [-0.39, 0.29) is 5.28 Å². The highest BCUT2D eigenvalue weighted by molar-refractivity contribution is 6.28. The van der Waals surface area contributed by atoms with Gasteiger partial charge in [-0.05, 0) is 37.3 Å². The molecule has 0 spiro atoms. The molecule has 0 aliphatic heterocycles. The predicted octanol–water partition coefficient (Wildman–Crippen LogP) is 3.39. The minimum absolute atomic E-state index is 0.245. The topological polar surface area (TPSA) is 66.5 Å². The van der Waals surface area contributed by atoms with Crippen LogP contribution in [0.15, 0.2) is 6.20 Å². The van der Waals surface area contributed by atoms with E-state index in [1.54, 1.807) is 6.20 Å². The average Bonchev–Trinajstić information content (AvgIpc) is 2.88. The van der Waals surface area contributed by atoms with E-state index in [2.05, 4.69) is 32.4 Å². The van der Waals surface area contributed by atoms with Gasteiger partial charge in [0.25, 0.3) is 0 Å². The molecule has 0 saturated heterocycles. The van der Waals surface area contributed by atoms with Crippen LogP contribution in [0, 0.1) is 5.92 Å². The van der Waals surface area contributed by atoms with E-state index < -0.39 is 0 Å². The molecule has 0 amide bonds. The van der Waals surface area contributed by atoms with E-state index in [1.807, 2.05) is 0 Å². The summed E-state index contributed by atoms with van der Waals surface area (Å²) < 4.78 is 0. The molecule has 1 atom stereocenters. The van der Waals surface area contributed by atoms with Gasteiger partial charge in [0.15, 0.2) is 5.65 Å². The first-order valence-corrected chi connectivity index (χ1v) is 7.25. The second-order valence-corrected chi connectivity index (χ2v) is 5.64. The van der Waals surface area contributed by atoms with Crippen LogP contribution in [0.4, 0.5) is 5.82 Å². The van der Waals surface area contributed by atoms with Gasteiger partial charge in [-0.1, -0.05) is 19.3 Å². The Kier molecular flexibility index (Phi) is 3.55. The Balaban J connectivity index is 1.82. The second-order valence-electron chi connectivity index (χ2n) is 5.30. The summed E-state index contributed by atoms with van der Waals surface area (Å²) in [5.41, 5.74) is 0.679. The zero-order chi connectivity index (χ0) is 13.2. The summed E-state index contributed by atoms with van der Waals surface area (Å²) in [5, 5.41) is 11.5. The van der Waals surface area contributed by atoms with Gasteiger partial charge in [-0.3, -0.25) is 5.10 Å². The van der Waals surface area contributed by atoms with Gasteiger partial charge in [0.1, 0.15) is 5.82 Å². The lowest BCUT2D eigenvalue weighted by atomic mass is 9.84. The van der Waals surface area contributed by atoms with Crippen molar-refractivity contribution in [1.82, 2.24) is 20.2 Å². The molecule has 3 rings (SSSR count). The maximum Gasteiger partial charge on any atom is 0.226 e. The molecule has 1 fully saturated rings. The number of hydrogen-bond acceptors (Lipinski definition) is 4. The third-order valence-electron chi connectivity index (χ3n) is 4.00. The van der Waals surface area contributed by atoms with Crippen molar-refractivity contribution in [1.29, 1.82) is 0 Å². The largest absolute Gasteiger partial charge is 0.367 e. The Morgan fingerprint density at radius 2 is 2.11 bits per heavy atom. The number of nitrogens with zero attached hydrogens (tertiary/aromatic N) is 3. The first kappa shape index (κ1) is 12.7. The number of hydrogen-bond donors (Lipinski definition) is 2. The van der Waals surface area contributed by atoms with Crippen molar-refractivity contribution < 1.29 is 0 Å². The molecule has 2 aromatic rings. The van der Waals surface area contributed by atoms with Crippen molar-refractivity contribution in [3.8, 4) is 0 Å². The van der Waals surface area contributed by atoms with Crippen molar-refractivity contribution in [3.05, 3.63) is 11.5 Å². The summed E-state index contributed by atoms with van der Waals surface area (Å²) in [6.45, 7) is 2.22. The smallest absolute Gasteiger partial charge is 0.226 e. The van der Waals surface area contributed by atoms with E-state index in [0.717, 1.165) is 11.2 Å². The molecule has 102 valence electrons. The fraction of sp³-hybridized carbons (Fsp3) is 0.615. The van der Waals surface area contributed by atoms with Crippen molar-refractivity contribution in [2.24, 2.45) is 5.92 Å². The van der Waals surface area contributed by atoms with Crippen LogP contribution in [0.5, 0.6) is 0 Å². The van der Waals surface area contributed by atoms with Gasteiger partial charge < -0.3 is 5.32 Å². The third kappa shape index (κ3) is 2.66. The van der Waals surface area contributed by atoms with Gasteiger partial charge in [0.05, 0.1) is 11.6 Å². The van der Waals surface area contributed by atoms with Crippen LogP contribution >= 0.6 is 11.6 Å². The molecule has 0 radical (unpaired) electrons. The molecule has 1 aliphatic carbocycles. The molecule has 5 nitrogen and oxygen atoms in total. The minimum atomic E-state index is 0.245. The Morgan fingerprint density at radius 1 is 1.32 bits per heavy atom. The highest BCUT2D eigenvalue weighted by Crippen LogP contribution is 2.29. The third-order valence-corrected chi connectivity index (χ3v) is 4.17. The molecule has 0 aromatic carbocycles. The Morgan fingerprint density at radius 3 is 2.89 bits per heavy atom. The summed E-state index contributed by atoms with van der Waals surface area (Å²) in [5.74, 6) is 1.49. The number of aromatic amines is 1. The van der Waals surface area contributed by atoms with Gasteiger partial charge in [0.2, 0.25) is 5.28 Å². The van der Waals surface area contributed by atoms with Crippen LogP contribution in [-0.4, -0.2) is 26.2 Å². The van der Waals surface area contributed by atoms with Gasteiger partial charge in [-0.15, -0.1) is 0 Å². The zero-order valence-corrected chi connectivity index (χ0v) is 11.7. The zero-order valence-electron chi connectivity index (χ0n) is 11.0. The summed E-state index contributed by atoms with van der Waals surface area (Å²) >= 11 is 5.94. The molecule has 6 heteroatoms. The maximum absolute atomic E-state index is 5.94. The quantitative estimate of drug-likeness (QED) is 0.845. The molecule has 2 N–H and O–H groups in total. The van der Waals surface area contributed by atoms with Crippen LogP contribution in [-0.2, 0) is 0 Å². The van der Waals surface area contributed by atoms with E-state index in [9.17, 15) is 0 Å². The highest BCUT2D eigenvalue weighted by Gasteiger charge is 2.21. The van der Waals surface area contributed by atoms with Crippen LogP contribution in [0.1, 0.15) is 39.0 Å². The monoisotopic (exact) mass is 279 g/mol. The first-order valence-electron chi connectivity index (χ1n) is 6.87. The number of nitrogens with one attached hydrogen (secondary N) is 2. The molecular formula is C13H18ClN5. The lowest BCUT2D eigenvalue weighted by Gasteiger charge is -2.28. The van der Waals surface area contributed by atoms with Gasteiger partial charge in [-0.2, -0.15) is 15.1 Å². The number of anilines is 1.